The molecular weight excluding hydrogens is 478 g/mol. The number of carbonyl (C=O) groups is 2. The molecule has 36 heavy (non-hydrogen) atoms. The van der Waals surface area contributed by atoms with Crippen LogP contribution in [0.2, 0.25) is 0 Å². The zero-order valence-corrected chi connectivity index (χ0v) is 20.8. The summed E-state index contributed by atoms with van der Waals surface area (Å²) in [5.74, 6) is 0.450. The summed E-state index contributed by atoms with van der Waals surface area (Å²) in [6, 6.07) is 9.12. The van der Waals surface area contributed by atoms with Crippen molar-refractivity contribution in [1.29, 1.82) is 0 Å². The summed E-state index contributed by atoms with van der Waals surface area (Å²) in [4.78, 5) is 37.9. The third kappa shape index (κ3) is 4.10. The van der Waals surface area contributed by atoms with Crippen LogP contribution in [0, 0.1) is 12.8 Å². The minimum atomic E-state index is -0.277. The summed E-state index contributed by atoms with van der Waals surface area (Å²) in [5.41, 5.74) is 8.15. The molecular formula is C25H29N7O3S. The van der Waals surface area contributed by atoms with Gasteiger partial charge in [-0.3, -0.25) is 9.69 Å². The third-order valence-electron chi connectivity index (χ3n) is 7.38. The van der Waals surface area contributed by atoms with Gasteiger partial charge in [-0.2, -0.15) is 4.98 Å². The summed E-state index contributed by atoms with van der Waals surface area (Å²) in [6.07, 6.45) is 5.21. The van der Waals surface area contributed by atoms with Gasteiger partial charge in [0.2, 0.25) is 0 Å². The van der Waals surface area contributed by atoms with Gasteiger partial charge in [0.05, 0.1) is 33.9 Å². The molecule has 5 N–H and O–H groups in total. The first-order valence-corrected chi connectivity index (χ1v) is 13.2. The van der Waals surface area contributed by atoms with E-state index in [1.165, 1.54) is 11.8 Å². The van der Waals surface area contributed by atoms with Crippen molar-refractivity contribution in [3.8, 4) is 11.8 Å². The second kappa shape index (κ2) is 9.38. The van der Waals surface area contributed by atoms with Gasteiger partial charge < -0.3 is 26.4 Å². The summed E-state index contributed by atoms with van der Waals surface area (Å²) < 4.78 is 5.77. The van der Waals surface area contributed by atoms with Crippen molar-refractivity contribution in [2.45, 2.75) is 56.1 Å². The highest BCUT2D eigenvalue weighted by Gasteiger charge is 2.52. The number of aryl methyl sites for hydroxylation is 1. The zero-order chi connectivity index (χ0) is 24.8. The van der Waals surface area contributed by atoms with Crippen LogP contribution in [0.3, 0.4) is 0 Å². The number of amides is 3. The number of nitrogens with two attached hydrogens (primary N) is 1. The van der Waals surface area contributed by atoms with Crippen molar-refractivity contribution >= 4 is 29.4 Å². The predicted octanol–water partition coefficient (Wildman–Crippen LogP) is 2.37. The van der Waals surface area contributed by atoms with Crippen LogP contribution < -0.4 is 31.3 Å². The van der Waals surface area contributed by atoms with Gasteiger partial charge in [0.1, 0.15) is 5.75 Å². The lowest BCUT2D eigenvalue weighted by molar-refractivity contribution is -0.117. The number of piperidine rings is 1. The topological polar surface area (TPSA) is 134 Å². The number of para-hydroxylation sites is 1. The smallest absolute Gasteiger partial charge is 0.326 e. The lowest BCUT2D eigenvalue weighted by atomic mass is 9.86. The van der Waals surface area contributed by atoms with Gasteiger partial charge in [0.25, 0.3) is 5.91 Å². The number of anilines is 1. The number of hydrogen-bond donors (Lipinski definition) is 4. The number of carbonyl (C=O) groups excluding carboxylic acids is 2. The van der Waals surface area contributed by atoms with Gasteiger partial charge in [0, 0.05) is 23.7 Å². The molecule has 3 unspecified atom stereocenters. The van der Waals surface area contributed by atoms with E-state index in [1.54, 1.807) is 11.1 Å². The minimum absolute atomic E-state index is 0.00163. The predicted molar refractivity (Wildman–Crippen MR) is 136 cm³/mol. The van der Waals surface area contributed by atoms with Gasteiger partial charge in [-0.15, -0.1) is 0 Å². The number of benzene rings is 1. The Bertz CT molecular complexity index is 1220. The van der Waals surface area contributed by atoms with E-state index in [1.807, 2.05) is 37.3 Å². The highest BCUT2D eigenvalue weighted by molar-refractivity contribution is 8.04. The van der Waals surface area contributed by atoms with Gasteiger partial charge in [-0.1, -0.05) is 30.0 Å². The molecule has 1 aromatic heterocycles. The average Bonchev–Trinajstić information content (AvgIpc) is 3.45. The van der Waals surface area contributed by atoms with Crippen LogP contribution in [0.5, 0.6) is 11.8 Å². The van der Waals surface area contributed by atoms with Crippen LogP contribution in [0.1, 0.15) is 31.4 Å². The molecule has 0 radical (unpaired) electrons. The Morgan fingerprint density at radius 3 is 2.83 bits per heavy atom. The van der Waals surface area contributed by atoms with Gasteiger partial charge in [0.15, 0.2) is 0 Å². The second-order valence-electron chi connectivity index (χ2n) is 9.63. The largest absolute Gasteiger partial charge is 0.424 e. The Balaban J connectivity index is 1.26. The molecule has 1 aromatic carbocycles. The van der Waals surface area contributed by atoms with E-state index in [9.17, 15) is 9.59 Å². The lowest BCUT2D eigenvalue weighted by Gasteiger charge is -2.45. The van der Waals surface area contributed by atoms with Crippen molar-refractivity contribution in [1.82, 2.24) is 25.9 Å². The zero-order valence-electron chi connectivity index (χ0n) is 19.9. The maximum atomic E-state index is 13.4. The Morgan fingerprint density at radius 2 is 2.08 bits per heavy atom. The minimum Gasteiger partial charge on any atom is -0.424 e. The molecule has 4 heterocycles. The standard InChI is InChI=1S/C25H29N7O3S/c1-13-18(12-28-24(29-13)35-14-6-3-2-4-7-14)32-17-10-11-27-23-19(17)20(31-25(32)34)21(36-23)22(33)30-16-9-5-8-15(16)26/h2-4,6-7,12,15-17,19,23,27H,5,8-11,26H2,1H3,(H,30,33)(H,31,34)/t15-,16-,17?,19?,23?/m1/s1. The molecule has 3 amide bonds. The summed E-state index contributed by atoms with van der Waals surface area (Å²) >= 11 is 1.49. The molecule has 10 nitrogen and oxygen atoms in total. The number of rotatable bonds is 5. The van der Waals surface area contributed by atoms with Crippen molar-refractivity contribution in [2.24, 2.45) is 11.7 Å². The SMILES string of the molecule is Cc1nc(Oc2ccccc2)ncc1N1C(=O)NC2=C(C(=O)N[C@@H]3CCC[C@H]3N)SC3NCCC1C23. The van der Waals surface area contributed by atoms with Crippen LogP contribution in [-0.4, -0.2) is 52.0 Å². The van der Waals surface area contributed by atoms with E-state index < -0.39 is 0 Å². The molecule has 5 atom stereocenters. The molecule has 0 spiro atoms. The Kier molecular flexibility index (Phi) is 6.06. The van der Waals surface area contributed by atoms with Gasteiger partial charge >= 0.3 is 12.0 Å². The first-order chi connectivity index (χ1) is 17.5. The Hall–Kier alpha value is -3.15. The number of aromatic nitrogens is 2. The first-order valence-electron chi connectivity index (χ1n) is 12.4. The molecule has 2 aromatic rings. The maximum absolute atomic E-state index is 13.4. The van der Waals surface area contributed by atoms with Gasteiger partial charge in [-0.05, 0) is 51.3 Å². The second-order valence-corrected chi connectivity index (χ2v) is 10.8. The normalized spacial score (nSPS) is 29.1. The van der Waals surface area contributed by atoms with Crippen molar-refractivity contribution in [2.75, 3.05) is 11.4 Å². The molecule has 3 aliphatic heterocycles. The lowest BCUT2D eigenvalue weighted by Crippen LogP contribution is -2.62. The molecule has 3 fully saturated rings. The molecule has 1 saturated carbocycles. The highest BCUT2D eigenvalue weighted by Crippen LogP contribution is 2.48. The number of thioether (sulfide) groups is 1. The molecule has 11 heteroatoms. The van der Waals surface area contributed by atoms with Crippen molar-refractivity contribution in [3.63, 3.8) is 0 Å². The number of nitrogens with one attached hydrogen (secondary N) is 3. The van der Waals surface area contributed by atoms with Gasteiger partial charge in [-0.25, -0.2) is 9.78 Å². The van der Waals surface area contributed by atoms with Crippen molar-refractivity contribution < 1.29 is 14.3 Å². The van der Waals surface area contributed by atoms with E-state index >= 15 is 0 Å². The highest BCUT2D eigenvalue weighted by atomic mass is 32.2. The number of ether oxygens (including phenoxy) is 1. The van der Waals surface area contributed by atoms with Crippen LogP contribution in [-0.2, 0) is 4.79 Å². The summed E-state index contributed by atoms with van der Waals surface area (Å²) in [7, 11) is 0. The Morgan fingerprint density at radius 1 is 1.25 bits per heavy atom. The molecule has 1 aliphatic carbocycles. The number of nitrogens with zero attached hydrogens (tertiary/aromatic N) is 3. The van der Waals surface area contributed by atoms with E-state index in [0.29, 0.717) is 27.7 Å². The molecule has 188 valence electrons. The first kappa shape index (κ1) is 23.3. The van der Waals surface area contributed by atoms with Crippen LogP contribution in [0.4, 0.5) is 10.5 Å². The van der Waals surface area contributed by atoms with Crippen LogP contribution in [0.15, 0.2) is 47.1 Å². The average molecular weight is 508 g/mol. The van der Waals surface area contributed by atoms with Crippen molar-refractivity contribution in [3.05, 3.63) is 52.8 Å². The Labute approximate surface area is 213 Å². The molecule has 2 saturated heterocycles. The molecule has 0 bridgehead atoms. The fraction of sp³-hybridized carbons (Fsp3) is 0.440. The molecule has 4 aliphatic rings. The number of urea groups is 1. The number of hydrogen-bond acceptors (Lipinski definition) is 8. The van der Waals surface area contributed by atoms with Crippen LogP contribution >= 0.6 is 11.8 Å². The summed E-state index contributed by atoms with van der Waals surface area (Å²) in [6.45, 7) is 2.59. The summed E-state index contributed by atoms with van der Waals surface area (Å²) in [5, 5.41) is 9.66. The third-order valence-corrected chi connectivity index (χ3v) is 8.73. The quantitative estimate of drug-likeness (QED) is 0.485. The van der Waals surface area contributed by atoms with E-state index in [2.05, 4.69) is 25.9 Å². The molecule has 6 rings (SSSR count). The fourth-order valence-electron chi connectivity index (χ4n) is 5.62. The van der Waals surface area contributed by atoms with E-state index in [4.69, 9.17) is 10.5 Å². The van der Waals surface area contributed by atoms with E-state index in [0.717, 1.165) is 32.2 Å². The monoisotopic (exact) mass is 507 g/mol. The van der Waals surface area contributed by atoms with E-state index in [-0.39, 0.29) is 47.4 Å². The fourth-order valence-corrected chi connectivity index (χ4v) is 7.02. The maximum Gasteiger partial charge on any atom is 0.326 e. The van der Waals surface area contributed by atoms with Crippen LogP contribution in [0.25, 0.3) is 0 Å².